The van der Waals surface area contributed by atoms with Crippen molar-refractivity contribution in [1.82, 2.24) is 0 Å². The fourth-order valence-corrected chi connectivity index (χ4v) is 6.87. The summed E-state index contributed by atoms with van der Waals surface area (Å²) < 4.78 is 16.7. The molecule has 0 aliphatic carbocycles. The van der Waals surface area contributed by atoms with Crippen molar-refractivity contribution >= 4 is 17.9 Å². The predicted molar refractivity (Wildman–Crippen MR) is 265 cm³/mol. The van der Waals surface area contributed by atoms with Crippen LogP contribution in [0.2, 0.25) is 0 Å². The molecule has 0 amide bonds. The van der Waals surface area contributed by atoms with Crippen molar-refractivity contribution in [3.63, 3.8) is 0 Å². The Morgan fingerprint density at radius 3 is 1.05 bits per heavy atom. The van der Waals surface area contributed by atoms with Crippen LogP contribution in [0.15, 0.2) is 85.1 Å². The number of carbonyl (C=O) groups excluding carboxylic acids is 3. The van der Waals surface area contributed by atoms with Gasteiger partial charge in [0.15, 0.2) is 6.10 Å². The summed E-state index contributed by atoms with van der Waals surface area (Å²) in [6, 6.07) is 0. The van der Waals surface area contributed by atoms with Gasteiger partial charge < -0.3 is 14.2 Å². The highest BCUT2D eigenvalue weighted by Gasteiger charge is 2.19. The van der Waals surface area contributed by atoms with E-state index in [1.165, 1.54) is 89.9 Å². The second-order valence-electron chi connectivity index (χ2n) is 16.7. The molecule has 0 aromatic rings. The number of rotatable bonds is 45. The van der Waals surface area contributed by atoms with Gasteiger partial charge in [0, 0.05) is 19.3 Å². The summed E-state index contributed by atoms with van der Waals surface area (Å²) in [5.41, 5.74) is 0. The maximum absolute atomic E-state index is 12.8. The normalized spacial score (nSPS) is 12.8. The number of ether oxygens (including phenoxy) is 3. The minimum Gasteiger partial charge on any atom is -0.462 e. The smallest absolute Gasteiger partial charge is 0.306 e. The van der Waals surface area contributed by atoms with Crippen LogP contribution in [0, 0.1) is 0 Å². The maximum Gasteiger partial charge on any atom is 0.306 e. The van der Waals surface area contributed by atoms with Crippen LogP contribution in [0.25, 0.3) is 0 Å². The quantitative estimate of drug-likeness (QED) is 0.0263. The van der Waals surface area contributed by atoms with Crippen molar-refractivity contribution in [1.29, 1.82) is 0 Å². The molecule has 6 heteroatoms. The zero-order chi connectivity index (χ0) is 45.1. The third-order valence-corrected chi connectivity index (χ3v) is 10.6. The second kappa shape index (κ2) is 50.2. The Bertz CT molecular complexity index is 1220. The first kappa shape index (κ1) is 58.6. The van der Waals surface area contributed by atoms with Crippen LogP contribution in [-0.4, -0.2) is 37.2 Å². The van der Waals surface area contributed by atoms with Gasteiger partial charge in [-0.15, -0.1) is 0 Å². The van der Waals surface area contributed by atoms with Crippen molar-refractivity contribution < 1.29 is 28.6 Å². The van der Waals surface area contributed by atoms with E-state index in [4.69, 9.17) is 14.2 Å². The number of unbranched alkanes of at least 4 members (excludes halogenated alkanes) is 20. The second-order valence-corrected chi connectivity index (χ2v) is 16.7. The standard InChI is InChI=1S/C56H94O6/c1-4-7-10-13-16-19-22-25-27-28-29-32-34-37-40-43-46-49-55(58)61-52-53(51-60-54(57)48-45-42-39-36-33-30-24-21-18-15-12-9-6-3)62-56(59)50-47-44-41-38-35-31-26-23-20-17-14-11-8-5-2/h7-8,10-11,16-17,19-20,25,27,29,32,37,40,53H,4-6,9,12-15,18,21-24,26,28,30-31,33-36,38-39,41-52H2,1-3H3/b10-7-,11-8-,19-16-,20-17-,27-25-,32-29-,40-37-. The van der Waals surface area contributed by atoms with Gasteiger partial charge in [0.05, 0.1) is 0 Å². The van der Waals surface area contributed by atoms with E-state index in [1.54, 1.807) is 0 Å². The molecule has 0 saturated heterocycles. The van der Waals surface area contributed by atoms with E-state index < -0.39 is 6.10 Å². The van der Waals surface area contributed by atoms with E-state index in [0.717, 1.165) is 96.3 Å². The Morgan fingerprint density at radius 1 is 0.339 bits per heavy atom. The van der Waals surface area contributed by atoms with Crippen molar-refractivity contribution in [3.8, 4) is 0 Å². The third kappa shape index (κ3) is 47.6. The summed E-state index contributed by atoms with van der Waals surface area (Å²) in [7, 11) is 0. The molecule has 6 nitrogen and oxygen atoms in total. The molecule has 0 saturated carbocycles. The van der Waals surface area contributed by atoms with Crippen LogP contribution in [0.4, 0.5) is 0 Å². The highest BCUT2D eigenvalue weighted by molar-refractivity contribution is 5.71. The van der Waals surface area contributed by atoms with Crippen LogP contribution in [0.5, 0.6) is 0 Å². The van der Waals surface area contributed by atoms with Gasteiger partial charge >= 0.3 is 17.9 Å². The largest absolute Gasteiger partial charge is 0.462 e. The zero-order valence-corrected chi connectivity index (χ0v) is 40.4. The van der Waals surface area contributed by atoms with Gasteiger partial charge in [-0.3, -0.25) is 14.4 Å². The van der Waals surface area contributed by atoms with Gasteiger partial charge in [0.25, 0.3) is 0 Å². The zero-order valence-electron chi connectivity index (χ0n) is 40.4. The third-order valence-electron chi connectivity index (χ3n) is 10.6. The Kier molecular flexibility index (Phi) is 47.5. The van der Waals surface area contributed by atoms with Gasteiger partial charge in [-0.25, -0.2) is 0 Å². The van der Waals surface area contributed by atoms with E-state index in [0.29, 0.717) is 19.3 Å². The van der Waals surface area contributed by atoms with E-state index in [9.17, 15) is 14.4 Å². The van der Waals surface area contributed by atoms with Crippen molar-refractivity contribution in [3.05, 3.63) is 85.1 Å². The lowest BCUT2D eigenvalue weighted by molar-refractivity contribution is -0.167. The molecule has 0 spiro atoms. The molecular weight excluding hydrogens is 769 g/mol. The lowest BCUT2D eigenvalue weighted by atomic mass is 10.0. The summed E-state index contributed by atoms with van der Waals surface area (Å²) >= 11 is 0. The highest BCUT2D eigenvalue weighted by Crippen LogP contribution is 2.15. The van der Waals surface area contributed by atoms with Gasteiger partial charge in [0.1, 0.15) is 13.2 Å². The van der Waals surface area contributed by atoms with Crippen molar-refractivity contribution in [2.75, 3.05) is 13.2 Å². The van der Waals surface area contributed by atoms with Crippen molar-refractivity contribution in [2.24, 2.45) is 0 Å². The molecule has 0 bridgehead atoms. The lowest BCUT2D eigenvalue weighted by Crippen LogP contribution is -2.30. The topological polar surface area (TPSA) is 78.9 Å². The van der Waals surface area contributed by atoms with Gasteiger partial charge in [-0.05, 0) is 83.5 Å². The van der Waals surface area contributed by atoms with Crippen LogP contribution in [-0.2, 0) is 28.6 Å². The predicted octanol–water partition coefficient (Wildman–Crippen LogP) is 16.8. The Balaban J connectivity index is 4.48. The Morgan fingerprint density at radius 2 is 0.645 bits per heavy atom. The fraction of sp³-hybridized carbons (Fsp3) is 0.696. The first-order valence-electron chi connectivity index (χ1n) is 25.6. The molecule has 0 radical (unpaired) electrons. The number of allylic oxidation sites excluding steroid dienone is 14. The summed E-state index contributed by atoms with van der Waals surface area (Å²) in [6.45, 7) is 6.36. The molecule has 1 atom stereocenters. The summed E-state index contributed by atoms with van der Waals surface area (Å²) in [6.07, 6.45) is 64.3. The molecular formula is C56H94O6. The van der Waals surface area contributed by atoms with E-state index in [2.05, 4.69) is 106 Å². The minimum absolute atomic E-state index is 0.0963. The monoisotopic (exact) mass is 863 g/mol. The number of hydrogen-bond donors (Lipinski definition) is 0. The Labute approximate surface area is 382 Å². The van der Waals surface area contributed by atoms with Crippen LogP contribution < -0.4 is 0 Å². The highest BCUT2D eigenvalue weighted by atomic mass is 16.6. The minimum atomic E-state index is -0.801. The molecule has 0 fully saturated rings. The average Bonchev–Trinajstić information content (AvgIpc) is 3.27. The summed E-state index contributed by atoms with van der Waals surface area (Å²) in [5, 5.41) is 0. The van der Waals surface area contributed by atoms with Gasteiger partial charge in [-0.2, -0.15) is 0 Å². The number of carbonyl (C=O) groups is 3. The van der Waals surface area contributed by atoms with E-state index in [1.807, 2.05) is 0 Å². The van der Waals surface area contributed by atoms with Crippen LogP contribution in [0.3, 0.4) is 0 Å². The first-order chi connectivity index (χ1) is 30.5. The van der Waals surface area contributed by atoms with Crippen LogP contribution in [0.1, 0.15) is 233 Å². The van der Waals surface area contributed by atoms with Crippen LogP contribution >= 0.6 is 0 Å². The van der Waals surface area contributed by atoms with Gasteiger partial charge in [0.2, 0.25) is 0 Å². The van der Waals surface area contributed by atoms with Crippen molar-refractivity contribution in [2.45, 2.75) is 239 Å². The first-order valence-corrected chi connectivity index (χ1v) is 25.6. The molecule has 62 heavy (non-hydrogen) atoms. The summed E-state index contributed by atoms with van der Waals surface area (Å²) in [5.74, 6) is -0.966. The maximum atomic E-state index is 12.8. The molecule has 0 rings (SSSR count). The number of esters is 3. The molecule has 0 aliphatic heterocycles. The molecule has 0 heterocycles. The molecule has 1 unspecified atom stereocenters. The molecule has 354 valence electrons. The van der Waals surface area contributed by atoms with E-state index >= 15 is 0 Å². The van der Waals surface area contributed by atoms with Gasteiger partial charge in [-0.1, -0.05) is 215 Å². The number of hydrogen-bond acceptors (Lipinski definition) is 6. The van der Waals surface area contributed by atoms with E-state index in [-0.39, 0.29) is 37.5 Å². The summed E-state index contributed by atoms with van der Waals surface area (Å²) in [4.78, 5) is 37.9. The SMILES string of the molecule is CC/C=C\C/C=C\C/C=C\C/C=C\C/C=C\CCCC(=O)OCC(COC(=O)CCCCCCCCCCCCCCC)OC(=O)CCCCCCCCC/C=C\C/C=C\CC. The molecule has 0 N–H and O–H groups in total. The molecule has 0 aromatic heterocycles. The fourth-order valence-electron chi connectivity index (χ4n) is 6.87. The molecule has 0 aromatic carbocycles. The molecule has 0 aliphatic rings. The lowest BCUT2D eigenvalue weighted by Gasteiger charge is -2.18. The Hall–Kier alpha value is -3.41. The average molecular weight is 863 g/mol.